The molecular formula is C21H31N3O3. The largest absolute Gasteiger partial charge is 0.341 e. The van der Waals surface area contributed by atoms with Crippen molar-refractivity contribution < 1.29 is 14.4 Å². The zero-order valence-corrected chi connectivity index (χ0v) is 16.8. The minimum atomic E-state index is -0.561. The van der Waals surface area contributed by atoms with Crippen molar-refractivity contribution in [2.24, 2.45) is 11.8 Å². The lowest BCUT2D eigenvalue weighted by molar-refractivity contribution is -0.138. The molecule has 1 saturated heterocycles. The minimum absolute atomic E-state index is 0.176. The van der Waals surface area contributed by atoms with Crippen LogP contribution in [0.3, 0.4) is 0 Å². The molecule has 1 aromatic carbocycles. The van der Waals surface area contributed by atoms with E-state index in [0.29, 0.717) is 37.8 Å². The van der Waals surface area contributed by atoms with E-state index in [4.69, 9.17) is 0 Å². The number of carbonyl (C=O) groups excluding carboxylic acids is 3. The molecule has 0 aromatic heterocycles. The molecule has 2 rings (SSSR count). The van der Waals surface area contributed by atoms with Crippen molar-refractivity contribution in [2.75, 3.05) is 19.6 Å². The molecule has 0 aliphatic carbocycles. The van der Waals surface area contributed by atoms with Crippen molar-refractivity contribution in [3.05, 3.63) is 35.9 Å². The number of hydrogen-bond donors (Lipinski definition) is 1. The van der Waals surface area contributed by atoms with Crippen molar-refractivity contribution >= 4 is 17.8 Å². The SMILES string of the molecule is CC(C)CN(CC(C)C)C(=O)CN1C(=O)NC(CCc2ccccc2)C1=O. The highest BCUT2D eigenvalue weighted by Crippen LogP contribution is 2.14. The van der Waals surface area contributed by atoms with Gasteiger partial charge < -0.3 is 10.2 Å². The van der Waals surface area contributed by atoms with Gasteiger partial charge in [-0.2, -0.15) is 0 Å². The Balaban J connectivity index is 1.95. The summed E-state index contributed by atoms with van der Waals surface area (Å²) in [7, 11) is 0. The van der Waals surface area contributed by atoms with Crippen molar-refractivity contribution in [1.29, 1.82) is 0 Å². The molecule has 0 saturated carbocycles. The summed E-state index contributed by atoms with van der Waals surface area (Å²) >= 11 is 0. The van der Waals surface area contributed by atoms with Crippen molar-refractivity contribution in [3.63, 3.8) is 0 Å². The summed E-state index contributed by atoms with van der Waals surface area (Å²) in [6, 6.07) is 8.81. The first-order valence-corrected chi connectivity index (χ1v) is 9.71. The Kier molecular flexibility index (Phi) is 7.39. The predicted molar refractivity (Wildman–Crippen MR) is 105 cm³/mol. The van der Waals surface area contributed by atoms with E-state index in [1.807, 2.05) is 58.0 Å². The number of urea groups is 1. The lowest BCUT2D eigenvalue weighted by Gasteiger charge is -2.27. The van der Waals surface area contributed by atoms with Crippen LogP contribution in [0.15, 0.2) is 30.3 Å². The van der Waals surface area contributed by atoms with Gasteiger partial charge in [0.2, 0.25) is 5.91 Å². The Morgan fingerprint density at radius 1 is 1.07 bits per heavy atom. The monoisotopic (exact) mass is 373 g/mol. The molecule has 1 atom stereocenters. The molecule has 6 heteroatoms. The Bertz CT molecular complexity index is 648. The van der Waals surface area contributed by atoms with Crippen LogP contribution in [0.25, 0.3) is 0 Å². The van der Waals surface area contributed by atoms with Crippen molar-refractivity contribution in [3.8, 4) is 0 Å². The van der Waals surface area contributed by atoms with Crippen LogP contribution in [0.4, 0.5) is 4.79 Å². The first-order chi connectivity index (χ1) is 12.8. The molecule has 1 N–H and O–H groups in total. The van der Waals surface area contributed by atoms with Gasteiger partial charge in [0.05, 0.1) is 0 Å². The fraction of sp³-hybridized carbons (Fsp3) is 0.571. The van der Waals surface area contributed by atoms with E-state index < -0.39 is 12.1 Å². The van der Waals surface area contributed by atoms with Gasteiger partial charge in [0, 0.05) is 13.1 Å². The van der Waals surface area contributed by atoms with Gasteiger partial charge in [-0.1, -0.05) is 58.0 Å². The second-order valence-electron chi connectivity index (χ2n) is 8.04. The summed E-state index contributed by atoms with van der Waals surface area (Å²) in [6.07, 6.45) is 1.23. The van der Waals surface area contributed by atoms with Crippen LogP contribution in [-0.2, 0) is 16.0 Å². The number of nitrogens with zero attached hydrogens (tertiary/aromatic N) is 2. The molecule has 1 aromatic rings. The van der Waals surface area contributed by atoms with E-state index in [1.165, 1.54) is 0 Å². The summed E-state index contributed by atoms with van der Waals surface area (Å²) in [5.74, 6) is 0.173. The maximum absolute atomic E-state index is 12.7. The number of imide groups is 1. The number of nitrogens with one attached hydrogen (secondary N) is 1. The second kappa shape index (κ2) is 9.53. The van der Waals surface area contributed by atoms with E-state index >= 15 is 0 Å². The molecule has 27 heavy (non-hydrogen) atoms. The van der Waals surface area contributed by atoms with Gasteiger partial charge in [-0.05, 0) is 30.2 Å². The van der Waals surface area contributed by atoms with Crippen LogP contribution in [0.5, 0.6) is 0 Å². The number of amides is 4. The summed E-state index contributed by atoms with van der Waals surface area (Å²) in [5.41, 5.74) is 1.12. The third-order valence-corrected chi connectivity index (χ3v) is 4.49. The lowest BCUT2D eigenvalue weighted by Crippen LogP contribution is -2.45. The Labute approximate surface area is 161 Å². The third kappa shape index (κ3) is 6.08. The van der Waals surface area contributed by atoms with Crippen molar-refractivity contribution in [1.82, 2.24) is 15.1 Å². The fourth-order valence-corrected chi connectivity index (χ4v) is 3.27. The van der Waals surface area contributed by atoms with Crippen molar-refractivity contribution in [2.45, 2.75) is 46.6 Å². The summed E-state index contributed by atoms with van der Waals surface area (Å²) in [4.78, 5) is 40.4. The van der Waals surface area contributed by atoms with Crippen LogP contribution in [0.2, 0.25) is 0 Å². The average molecular weight is 373 g/mol. The quantitative estimate of drug-likeness (QED) is 0.677. The Morgan fingerprint density at radius 2 is 1.67 bits per heavy atom. The predicted octanol–water partition coefficient (Wildman–Crippen LogP) is 2.68. The molecule has 1 aliphatic heterocycles. The molecule has 1 fully saturated rings. The first-order valence-electron chi connectivity index (χ1n) is 9.71. The molecule has 148 valence electrons. The molecule has 1 aliphatic rings. The van der Waals surface area contributed by atoms with Gasteiger partial charge in [-0.25, -0.2) is 4.79 Å². The summed E-state index contributed by atoms with van der Waals surface area (Å²) in [5, 5.41) is 2.72. The van der Waals surface area contributed by atoms with E-state index in [1.54, 1.807) is 4.90 Å². The summed E-state index contributed by atoms with van der Waals surface area (Å²) in [6.45, 7) is 9.26. The molecular weight excluding hydrogens is 342 g/mol. The molecule has 0 radical (unpaired) electrons. The van der Waals surface area contributed by atoms with Gasteiger partial charge >= 0.3 is 6.03 Å². The maximum atomic E-state index is 12.7. The van der Waals surface area contributed by atoms with Crippen LogP contribution in [0.1, 0.15) is 39.7 Å². The molecule has 0 bridgehead atoms. The number of aryl methyl sites for hydroxylation is 1. The minimum Gasteiger partial charge on any atom is -0.341 e. The Hall–Kier alpha value is -2.37. The van der Waals surface area contributed by atoms with Crippen LogP contribution in [0, 0.1) is 11.8 Å². The van der Waals surface area contributed by atoms with Crippen LogP contribution in [-0.4, -0.2) is 53.3 Å². The third-order valence-electron chi connectivity index (χ3n) is 4.49. The van der Waals surface area contributed by atoms with Gasteiger partial charge in [-0.3, -0.25) is 14.5 Å². The number of rotatable bonds is 9. The normalized spacial score (nSPS) is 17.0. The maximum Gasteiger partial charge on any atom is 0.325 e. The average Bonchev–Trinajstić information content (AvgIpc) is 2.87. The van der Waals surface area contributed by atoms with Gasteiger partial charge in [0.25, 0.3) is 5.91 Å². The molecule has 6 nitrogen and oxygen atoms in total. The van der Waals surface area contributed by atoms with E-state index in [9.17, 15) is 14.4 Å². The number of hydrogen-bond acceptors (Lipinski definition) is 3. The summed E-state index contributed by atoms with van der Waals surface area (Å²) < 4.78 is 0. The molecule has 1 unspecified atom stereocenters. The van der Waals surface area contributed by atoms with Crippen LogP contribution < -0.4 is 5.32 Å². The topological polar surface area (TPSA) is 69.7 Å². The molecule has 0 spiro atoms. The number of carbonyl (C=O) groups is 3. The standard InChI is InChI=1S/C21H31N3O3/c1-15(2)12-23(13-16(3)4)19(25)14-24-20(26)18(22-21(24)27)11-10-17-8-6-5-7-9-17/h5-9,15-16,18H,10-14H2,1-4H3,(H,22,27). The smallest absolute Gasteiger partial charge is 0.325 e. The van der Waals surface area contributed by atoms with Gasteiger partial charge in [-0.15, -0.1) is 0 Å². The van der Waals surface area contributed by atoms with E-state index in [0.717, 1.165) is 10.5 Å². The Morgan fingerprint density at radius 3 is 2.22 bits per heavy atom. The van der Waals surface area contributed by atoms with E-state index in [2.05, 4.69) is 5.32 Å². The highest BCUT2D eigenvalue weighted by Gasteiger charge is 2.39. The molecule has 4 amide bonds. The zero-order chi connectivity index (χ0) is 20.0. The molecule has 1 heterocycles. The zero-order valence-electron chi connectivity index (χ0n) is 16.8. The lowest BCUT2D eigenvalue weighted by atomic mass is 10.1. The number of benzene rings is 1. The second-order valence-corrected chi connectivity index (χ2v) is 8.04. The van der Waals surface area contributed by atoms with E-state index in [-0.39, 0.29) is 18.4 Å². The highest BCUT2D eigenvalue weighted by molar-refractivity contribution is 6.06. The van der Waals surface area contributed by atoms with Crippen LogP contribution >= 0.6 is 0 Å². The highest BCUT2D eigenvalue weighted by atomic mass is 16.2. The fourth-order valence-electron chi connectivity index (χ4n) is 3.27. The van der Waals surface area contributed by atoms with Gasteiger partial charge in [0.15, 0.2) is 0 Å². The first kappa shape index (κ1) is 20.9. The van der Waals surface area contributed by atoms with Gasteiger partial charge in [0.1, 0.15) is 12.6 Å².